The molecule has 3 amide bonds. The van der Waals surface area contributed by atoms with Crippen molar-refractivity contribution in [2.75, 3.05) is 38.5 Å². The second-order valence-corrected chi connectivity index (χ2v) is 10.5. The van der Waals surface area contributed by atoms with E-state index in [4.69, 9.17) is 0 Å². The lowest BCUT2D eigenvalue weighted by atomic mass is 9.90. The van der Waals surface area contributed by atoms with Crippen LogP contribution in [0.3, 0.4) is 0 Å². The first-order valence-corrected chi connectivity index (χ1v) is 13.8. The summed E-state index contributed by atoms with van der Waals surface area (Å²) in [6, 6.07) is 12.2. The summed E-state index contributed by atoms with van der Waals surface area (Å²) in [7, 11) is 3.61. The molecule has 11 heteroatoms. The van der Waals surface area contributed by atoms with E-state index in [1.807, 2.05) is 37.4 Å². The Hall–Kier alpha value is -3.86. The maximum Gasteiger partial charge on any atom is 0.319 e. The summed E-state index contributed by atoms with van der Waals surface area (Å²) in [5.74, 6) is 0.504. The largest absolute Gasteiger partial charge is 0.343 e. The average molecular weight is 551 g/mol. The number of rotatable bonds is 10. The molecule has 4 rings (SSSR count). The van der Waals surface area contributed by atoms with E-state index in [0.29, 0.717) is 18.1 Å². The van der Waals surface area contributed by atoms with Gasteiger partial charge in [-0.3, -0.25) is 4.79 Å². The number of likely N-dealkylation sites (tertiary alicyclic amines) is 1. The molecule has 0 saturated carbocycles. The maximum atomic E-state index is 13.2. The average Bonchev–Trinajstić information content (AvgIpc) is 3.38. The number of nitrogens with one attached hydrogen (secondary N) is 2. The molecule has 0 unspecified atom stereocenters. The first kappa shape index (κ1) is 29.1. The van der Waals surface area contributed by atoms with Gasteiger partial charge in [0.15, 0.2) is 5.82 Å². The van der Waals surface area contributed by atoms with E-state index in [1.165, 1.54) is 12.1 Å². The molecule has 1 fully saturated rings. The standard InChI is InChI=1S/C29H39FN8O2/c1-5-21-15-23(28-33-34-35-37(28)4)17-26(16-21)32-29(40)31-18-24-19-38(14-12-27(24)36(3)20(2)39)13-6-7-22-8-10-25(30)11-9-22/h8-11,15-17,24,27H,5-7,12-14,18-19H2,1-4H3,(H2,31,32,40)/t24-,27-/m0/s1. The highest BCUT2D eigenvalue weighted by Crippen LogP contribution is 2.24. The van der Waals surface area contributed by atoms with Crippen molar-refractivity contribution in [3.8, 4) is 11.4 Å². The SMILES string of the molecule is CCc1cc(NC(=O)NC[C@H]2CN(CCCc3ccc(F)cc3)CC[C@@H]2N(C)C(C)=O)cc(-c2nnnn2C)c1. The fraction of sp³-hybridized carbons (Fsp3) is 0.483. The fourth-order valence-corrected chi connectivity index (χ4v) is 5.37. The lowest BCUT2D eigenvalue weighted by Crippen LogP contribution is -2.54. The zero-order chi connectivity index (χ0) is 28.6. The molecule has 0 bridgehead atoms. The molecule has 2 atom stereocenters. The minimum atomic E-state index is -0.298. The Bertz CT molecular complexity index is 1300. The number of anilines is 1. The number of nitrogens with zero attached hydrogens (tertiary/aromatic N) is 6. The molecule has 0 aliphatic carbocycles. The Kier molecular flexibility index (Phi) is 9.81. The number of aryl methyl sites for hydroxylation is 3. The number of halogens is 1. The monoisotopic (exact) mass is 550 g/mol. The lowest BCUT2D eigenvalue weighted by Gasteiger charge is -2.42. The van der Waals surface area contributed by atoms with Crippen LogP contribution in [-0.2, 0) is 24.7 Å². The Labute approximate surface area is 234 Å². The van der Waals surface area contributed by atoms with Gasteiger partial charge in [-0.1, -0.05) is 19.1 Å². The maximum absolute atomic E-state index is 13.2. The zero-order valence-electron chi connectivity index (χ0n) is 23.7. The number of hydrogen-bond acceptors (Lipinski definition) is 6. The van der Waals surface area contributed by atoms with Crippen LogP contribution < -0.4 is 10.6 Å². The van der Waals surface area contributed by atoms with Crippen molar-refractivity contribution < 1.29 is 14.0 Å². The minimum Gasteiger partial charge on any atom is -0.343 e. The van der Waals surface area contributed by atoms with Crippen molar-refractivity contribution >= 4 is 17.6 Å². The number of amides is 3. The summed E-state index contributed by atoms with van der Waals surface area (Å²) in [4.78, 5) is 29.4. The summed E-state index contributed by atoms with van der Waals surface area (Å²) in [5.41, 5.74) is 3.67. The summed E-state index contributed by atoms with van der Waals surface area (Å²) < 4.78 is 14.8. The Balaban J connectivity index is 1.36. The molecule has 2 aromatic carbocycles. The molecule has 0 spiro atoms. The van der Waals surface area contributed by atoms with Crippen LogP contribution in [0.5, 0.6) is 0 Å². The highest BCUT2D eigenvalue weighted by atomic mass is 19.1. The molecule has 0 radical (unpaired) electrons. The van der Waals surface area contributed by atoms with Crippen molar-refractivity contribution in [2.45, 2.75) is 45.6 Å². The number of hydrogen-bond donors (Lipinski definition) is 2. The molecule has 2 heterocycles. The second kappa shape index (κ2) is 13.5. The highest BCUT2D eigenvalue weighted by Gasteiger charge is 2.33. The van der Waals surface area contributed by atoms with Crippen LogP contribution in [0.2, 0.25) is 0 Å². The number of urea groups is 1. The van der Waals surface area contributed by atoms with Crippen LogP contribution in [0.4, 0.5) is 14.9 Å². The van der Waals surface area contributed by atoms with Gasteiger partial charge in [0.1, 0.15) is 5.82 Å². The first-order valence-electron chi connectivity index (χ1n) is 13.8. The van der Waals surface area contributed by atoms with Crippen LogP contribution in [-0.4, -0.2) is 81.2 Å². The van der Waals surface area contributed by atoms with Gasteiger partial charge in [0.25, 0.3) is 0 Å². The van der Waals surface area contributed by atoms with Crippen LogP contribution in [0.1, 0.15) is 37.8 Å². The zero-order valence-corrected chi connectivity index (χ0v) is 23.7. The van der Waals surface area contributed by atoms with Crippen molar-refractivity contribution in [1.82, 2.24) is 35.3 Å². The Morgan fingerprint density at radius 2 is 1.93 bits per heavy atom. The third-order valence-corrected chi connectivity index (χ3v) is 7.69. The molecule has 214 valence electrons. The van der Waals surface area contributed by atoms with Gasteiger partial charge in [-0.25, -0.2) is 13.9 Å². The van der Waals surface area contributed by atoms with E-state index >= 15 is 0 Å². The van der Waals surface area contributed by atoms with E-state index in [1.54, 1.807) is 23.6 Å². The quantitative estimate of drug-likeness (QED) is 0.400. The van der Waals surface area contributed by atoms with Gasteiger partial charge in [-0.2, -0.15) is 0 Å². The van der Waals surface area contributed by atoms with E-state index in [2.05, 4.69) is 38.0 Å². The highest BCUT2D eigenvalue weighted by molar-refractivity contribution is 5.90. The molecule has 3 aromatic rings. The van der Waals surface area contributed by atoms with E-state index in [0.717, 1.165) is 62.0 Å². The molecule has 1 aromatic heterocycles. The Morgan fingerprint density at radius 3 is 2.60 bits per heavy atom. The van der Waals surface area contributed by atoms with E-state index < -0.39 is 0 Å². The summed E-state index contributed by atoms with van der Waals surface area (Å²) >= 11 is 0. The van der Waals surface area contributed by atoms with Gasteiger partial charge >= 0.3 is 6.03 Å². The van der Waals surface area contributed by atoms with Crippen LogP contribution >= 0.6 is 0 Å². The predicted molar refractivity (Wildman–Crippen MR) is 152 cm³/mol. The smallest absolute Gasteiger partial charge is 0.319 e. The third kappa shape index (κ3) is 7.62. The summed E-state index contributed by atoms with van der Waals surface area (Å²) in [5, 5.41) is 17.7. The molecule has 1 aliphatic rings. The van der Waals surface area contributed by atoms with Crippen LogP contribution in [0.25, 0.3) is 11.4 Å². The Morgan fingerprint density at radius 1 is 1.15 bits per heavy atom. The molecule has 1 aliphatic heterocycles. The number of piperidine rings is 1. The topological polar surface area (TPSA) is 108 Å². The molecule has 1 saturated heterocycles. The normalized spacial score (nSPS) is 17.4. The van der Waals surface area contributed by atoms with Gasteiger partial charge in [0.05, 0.1) is 0 Å². The number of carbonyl (C=O) groups is 2. The van der Waals surface area contributed by atoms with Crippen LogP contribution in [0, 0.1) is 11.7 Å². The second-order valence-electron chi connectivity index (χ2n) is 10.5. The van der Waals surface area contributed by atoms with E-state index in [9.17, 15) is 14.0 Å². The lowest BCUT2D eigenvalue weighted by molar-refractivity contribution is -0.131. The first-order chi connectivity index (χ1) is 19.2. The number of tetrazole rings is 1. The van der Waals surface area contributed by atoms with Gasteiger partial charge in [-0.05, 0) is 84.1 Å². The fourth-order valence-electron chi connectivity index (χ4n) is 5.37. The number of aromatic nitrogens is 4. The third-order valence-electron chi connectivity index (χ3n) is 7.69. The van der Waals surface area contributed by atoms with Crippen molar-refractivity contribution in [3.05, 3.63) is 59.4 Å². The number of benzene rings is 2. The minimum absolute atomic E-state index is 0.0198. The van der Waals surface area contributed by atoms with Crippen molar-refractivity contribution in [2.24, 2.45) is 13.0 Å². The van der Waals surface area contributed by atoms with E-state index in [-0.39, 0.29) is 29.7 Å². The predicted octanol–water partition coefficient (Wildman–Crippen LogP) is 3.50. The van der Waals surface area contributed by atoms with Gasteiger partial charge in [-0.15, -0.1) is 5.10 Å². The number of carbonyl (C=O) groups excluding carboxylic acids is 2. The van der Waals surface area contributed by atoms with Crippen molar-refractivity contribution in [3.63, 3.8) is 0 Å². The van der Waals surface area contributed by atoms with Gasteiger partial charge < -0.3 is 20.4 Å². The van der Waals surface area contributed by atoms with Crippen LogP contribution in [0.15, 0.2) is 42.5 Å². The van der Waals surface area contributed by atoms with Gasteiger partial charge in [0.2, 0.25) is 5.91 Å². The molecular formula is C29H39FN8O2. The molecule has 40 heavy (non-hydrogen) atoms. The molecule has 10 nitrogen and oxygen atoms in total. The summed E-state index contributed by atoms with van der Waals surface area (Å²) in [6.07, 6.45) is 3.47. The molecular weight excluding hydrogens is 511 g/mol. The summed E-state index contributed by atoms with van der Waals surface area (Å²) in [6.45, 7) is 6.64. The van der Waals surface area contributed by atoms with Crippen molar-refractivity contribution in [1.29, 1.82) is 0 Å². The molecule has 2 N–H and O–H groups in total. The van der Waals surface area contributed by atoms with Gasteiger partial charge in [0, 0.05) is 63.9 Å².